The molecule has 2 rings (SSSR count). The lowest BCUT2D eigenvalue weighted by Crippen LogP contribution is -2.41. The number of nitrogens with zero attached hydrogens (tertiary/aromatic N) is 3. The van der Waals surface area contributed by atoms with Crippen molar-refractivity contribution >= 4 is 5.82 Å². The summed E-state index contributed by atoms with van der Waals surface area (Å²) in [6.45, 7) is 4.97. The second-order valence-corrected chi connectivity index (χ2v) is 5.29. The van der Waals surface area contributed by atoms with Gasteiger partial charge in [0.05, 0.1) is 5.56 Å². The van der Waals surface area contributed by atoms with Crippen molar-refractivity contribution in [2.24, 2.45) is 5.73 Å². The van der Waals surface area contributed by atoms with Gasteiger partial charge in [-0.05, 0) is 51.2 Å². The molecule has 19 heavy (non-hydrogen) atoms. The van der Waals surface area contributed by atoms with Gasteiger partial charge in [-0.25, -0.2) is 4.98 Å². The van der Waals surface area contributed by atoms with Crippen molar-refractivity contribution in [3.63, 3.8) is 0 Å². The molecule has 4 nitrogen and oxygen atoms in total. The van der Waals surface area contributed by atoms with Crippen molar-refractivity contribution < 1.29 is 0 Å². The van der Waals surface area contributed by atoms with Gasteiger partial charge in [-0.1, -0.05) is 0 Å². The molecule has 0 bridgehead atoms. The first-order valence-corrected chi connectivity index (χ1v) is 7.05. The Kier molecular flexibility index (Phi) is 4.39. The predicted octanol–water partition coefficient (Wildman–Crippen LogP) is 2.36. The third kappa shape index (κ3) is 2.87. The van der Waals surface area contributed by atoms with Crippen LogP contribution in [0.15, 0.2) is 12.3 Å². The Balaban J connectivity index is 2.27. The van der Waals surface area contributed by atoms with Gasteiger partial charge in [0.15, 0.2) is 0 Å². The van der Waals surface area contributed by atoms with Crippen LogP contribution in [0, 0.1) is 18.3 Å². The highest BCUT2D eigenvalue weighted by molar-refractivity contribution is 5.57. The topological polar surface area (TPSA) is 65.9 Å². The number of nitriles is 1. The lowest BCUT2D eigenvalue weighted by molar-refractivity contribution is 0.376. The lowest BCUT2D eigenvalue weighted by atomic mass is 9.90. The molecule has 2 N–H and O–H groups in total. The summed E-state index contributed by atoms with van der Waals surface area (Å²) in [5.74, 6) is 0.838. The number of hydrogen-bond donors (Lipinski definition) is 1. The first kappa shape index (κ1) is 13.8. The minimum Gasteiger partial charge on any atom is -0.353 e. The van der Waals surface area contributed by atoms with Crippen molar-refractivity contribution in [2.75, 3.05) is 11.4 Å². The summed E-state index contributed by atoms with van der Waals surface area (Å²) >= 11 is 0. The highest BCUT2D eigenvalue weighted by Crippen LogP contribution is 2.28. The highest BCUT2D eigenvalue weighted by atomic mass is 15.2. The Hall–Kier alpha value is -1.60. The number of rotatable bonds is 3. The highest BCUT2D eigenvalue weighted by Gasteiger charge is 2.26. The van der Waals surface area contributed by atoms with Crippen molar-refractivity contribution in [3.05, 3.63) is 23.4 Å². The SMILES string of the molecule is CCN(c1nccc(C)c1C#N)C1CCC(N)CC1. The van der Waals surface area contributed by atoms with Gasteiger partial charge < -0.3 is 10.6 Å². The molecular weight excluding hydrogens is 236 g/mol. The Morgan fingerprint density at radius 2 is 2.11 bits per heavy atom. The van der Waals surface area contributed by atoms with Crippen molar-refractivity contribution in [1.29, 1.82) is 5.26 Å². The molecule has 0 unspecified atom stereocenters. The molecule has 0 aliphatic heterocycles. The van der Waals surface area contributed by atoms with Gasteiger partial charge >= 0.3 is 0 Å². The molecule has 102 valence electrons. The van der Waals surface area contributed by atoms with E-state index in [4.69, 9.17) is 5.73 Å². The Labute approximate surface area is 115 Å². The summed E-state index contributed by atoms with van der Waals surface area (Å²) < 4.78 is 0. The van der Waals surface area contributed by atoms with Gasteiger partial charge in [-0.3, -0.25) is 0 Å². The van der Waals surface area contributed by atoms with E-state index in [2.05, 4.69) is 22.9 Å². The third-order valence-electron chi connectivity index (χ3n) is 4.05. The molecule has 0 atom stereocenters. The standard InChI is InChI=1S/C15H22N4/c1-3-19(13-6-4-12(17)5-7-13)15-14(10-16)11(2)8-9-18-15/h8-9,12-13H,3-7,17H2,1-2H3. The minimum atomic E-state index is 0.343. The predicted molar refractivity (Wildman–Crippen MR) is 76.9 cm³/mol. The summed E-state index contributed by atoms with van der Waals surface area (Å²) in [5, 5.41) is 9.35. The van der Waals surface area contributed by atoms with Crippen LogP contribution in [0.3, 0.4) is 0 Å². The van der Waals surface area contributed by atoms with Crippen LogP contribution in [0.2, 0.25) is 0 Å². The van der Waals surface area contributed by atoms with Crippen LogP contribution in [-0.4, -0.2) is 23.6 Å². The zero-order valence-corrected chi connectivity index (χ0v) is 11.8. The van der Waals surface area contributed by atoms with Crippen LogP contribution in [0.25, 0.3) is 0 Å². The van der Waals surface area contributed by atoms with Gasteiger partial charge in [0.25, 0.3) is 0 Å². The van der Waals surface area contributed by atoms with Crippen LogP contribution < -0.4 is 10.6 Å². The maximum atomic E-state index is 9.35. The van der Waals surface area contributed by atoms with E-state index in [0.29, 0.717) is 17.6 Å². The molecular formula is C15H22N4. The second-order valence-electron chi connectivity index (χ2n) is 5.29. The Morgan fingerprint density at radius 3 is 2.68 bits per heavy atom. The Morgan fingerprint density at radius 1 is 1.42 bits per heavy atom. The third-order valence-corrected chi connectivity index (χ3v) is 4.05. The maximum absolute atomic E-state index is 9.35. The van der Waals surface area contributed by atoms with Crippen molar-refractivity contribution in [3.8, 4) is 6.07 Å². The lowest BCUT2D eigenvalue weighted by Gasteiger charge is -2.36. The van der Waals surface area contributed by atoms with Crippen LogP contribution >= 0.6 is 0 Å². The van der Waals surface area contributed by atoms with Crippen LogP contribution in [-0.2, 0) is 0 Å². The first-order chi connectivity index (χ1) is 9.17. The van der Waals surface area contributed by atoms with Crippen molar-refractivity contribution in [1.82, 2.24) is 4.98 Å². The van der Waals surface area contributed by atoms with Gasteiger partial charge in [0, 0.05) is 24.8 Å². The fourth-order valence-corrected chi connectivity index (χ4v) is 2.89. The van der Waals surface area contributed by atoms with E-state index in [0.717, 1.165) is 43.6 Å². The number of pyridine rings is 1. The van der Waals surface area contributed by atoms with Crippen LogP contribution in [0.4, 0.5) is 5.82 Å². The number of aryl methyl sites for hydroxylation is 1. The number of anilines is 1. The molecule has 0 saturated heterocycles. The van der Waals surface area contributed by atoms with E-state index >= 15 is 0 Å². The number of aromatic nitrogens is 1. The summed E-state index contributed by atoms with van der Waals surface area (Å²) in [4.78, 5) is 6.72. The average Bonchev–Trinajstić information content (AvgIpc) is 2.42. The van der Waals surface area contributed by atoms with E-state index in [1.54, 1.807) is 6.20 Å². The zero-order valence-electron chi connectivity index (χ0n) is 11.8. The number of hydrogen-bond acceptors (Lipinski definition) is 4. The summed E-state index contributed by atoms with van der Waals surface area (Å²) in [7, 11) is 0. The van der Waals surface area contributed by atoms with Crippen LogP contribution in [0.5, 0.6) is 0 Å². The second kappa shape index (κ2) is 6.03. The summed E-state index contributed by atoms with van der Waals surface area (Å²) in [5.41, 5.74) is 7.68. The van der Waals surface area contributed by atoms with Gasteiger partial charge in [-0.2, -0.15) is 5.26 Å². The minimum absolute atomic E-state index is 0.343. The molecule has 1 aromatic heterocycles. The summed E-state index contributed by atoms with van der Waals surface area (Å²) in [6.07, 6.45) is 6.11. The van der Waals surface area contributed by atoms with E-state index < -0.39 is 0 Å². The average molecular weight is 258 g/mol. The zero-order chi connectivity index (χ0) is 13.8. The molecule has 1 heterocycles. The van der Waals surface area contributed by atoms with Crippen molar-refractivity contribution in [2.45, 2.75) is 51.6 Å². The molecule has 0 spiro atoms. The van der Waals surface area contributed by atoms with E-state index in [1.165, 1.54) is 0 Å². The molecule has 1 fully saturated rings. The number of nitrogens with two attached hydrogens (primary N) is 1. The fraction of sp³-hybridized carbons (Fsp3) is 0.600. The monoisotopic (exact) mass is 258 g/mol. The maximum Gasteiger partial charge on any atom is 0.146 e. The molecule has 0 amide bonds. The van der Waals surface area contributed by atoms with E-state index in [-0.39, 0.29) is 0 Å². The Bertz CT molecular complexity index is 470. The van der Waals surface area contributed by atoms with E-state index in [9.17, 15) is 5.26 Å². The molecule has 1 aliphatic rings. The van der Waals surface area contributed by atoms with Crippen LogP contribution in [0.1, 0.15) is 43.7 Å². The normalized spacial score (nSPS) is 22.8. The van der Waals surface area contributed by atoms with Gasteiger partial charge in [0.1, 0.15) is 11.9 Å². The quantitative estimate of drug-likeness (QED) is 0.903. The van der Waals surface area contributed by atoms with Gasteiger partial charge in [0.2, 0.25) is 0 Å². The fourth-order valence-electron chi connectivity index (χ4n) is 2.89. The molecule has 4 heteroatoms. The molecule has 0 aromatic carbocycles. The molecule has 1 aromatic rings. The van der Waals surface area contributed by atoms with Gasteiger partial charge in [-0.15, -0.1) is 0 Å². The molecule has 1 saturated carbocycles. The summed E-state index contributed by atoms with van der Waals surface area (Å²) in [6, 6.07) is 5.00. The first-order valence-electron chi connectivity index (χ1n) is 7.05. The van der Waals surface area contributed by atoms with E-state index in [1.807, 2.05) is 13.0 Å². The molecule has 1 aliphatic carbocycles. The molecule has 0 radical (unpaired) electrons. The largest absolute Gasteiger partial charge is 0.353 e. The smallest absolute Gasteiger partial charge is 0.146 e.